The molecule has 0 radical (unpaired) electrons. The summed E-state index contributed by atoms with van der Waals surface area (Å²) in [5, 5.41) is 13.3. The monoisotopic (exact) mass is 325 g/mol. The molecule has 0 amide bonds. The van der Waals surface area contributed by atoms with Crippen LogP contribution in [0.15, 0.2) is 42.9 Å². The molecule has 8 heteroatoms. The van der Waals surface area contributed by atoms with Crippen molar-refractivity contribution in [2.24, 2.45) is 0 Å². The van der Waals surface area contributed by atoms with Crippen molar-refractivity contribution in [3.05, 3.63) is 59.9 Å². The molecule has 0 atom stereocenters. The average Bonchev–Trinajstić information content (AvgIpc) is 3.22. The highest BCUT2D eigenvalue weighted by Gasteiger charge is 2.23. The van der Waals surface area contributed by atoms with Crippen LogP contribution in [0.2, 0.25) is 0 Å². The number of anilines is 1. The lowest BCUT2D eigenvalue weighted by molar-refractivity contribution is 0.0593. The summed E-state index contributed by atoms with van der Waals surface area (Å²) in [6.45, 7) is 0. The highest BCUT2D eigenvalue weighted by molar-refractivity contribution is 5.96. The van der Waals surface area contributed by atoms with E-state index < -0.39 is 11.8 Å². The van der Waals surface area contributed by atoms with Gasteiger partial charge >= 0.3 is 5.97 Å². The number of ether oxygens (including phenoxy) is 1. The Morgan fingerprint density at radius 2 is 2.21 bits per heavy atom. The number of nitrogen functional groups attached to an aromatic ring is 1. The zero-order chi connectivity index (χ0) is 17.3. The number of benzene rings is 1. The van der Waals surface area contributed by atoms with Crippen LogP contribution in [0, 0.1) is 17.1 Å². The minimum atomic E-state index is -0.732. The van der Waals surface area contributed by atoms with Crippen LogP contribution < -0.4 is 5.73 Å². The van der Waals surface area contributed by atoms with Crippen molar-refractivity contribution in [2.45, 2.75) is 0 Å². The Morgan fingerprint density at radius 3 is 2.83 bits per heavy atom. The van der Waals surface area contributed by atoms with Gasteiger partial charge in [0.2, 0.25) is 0 Å². The second-order valence-electron chi connectivity index (χ2n) is 4.86. The lowest BCUT2D eigenvalue weighted by Crippen LogP contribution is -2.13. The summed E-state index contributed by atoms with van der Waals surface area (Å²) >= 11 is 0. The second-order valence-corrected chi connectivity index (χ2v) is 4.86. The number of halogens is 1. The molecule has 0 aliphatic heterocycles. The maximum atomic E-state index is 13.8. The maximum Gasteiger partial charge on any atom is 0.357 e. The number of carbonyl (C=O) groups is 1. The summed E-state index contributed by atoms with van der Waals surface area (Å²) in [4.78, 5) is 12.1. The van der Waals surface area contributed by atoms with Crippen molar-refractivity contribution < 1.29 is 13.9 Å². The molecule has 3 aromatic rings. The standard InChI is InChI=1S/C16H12FN5O2/c1-24-16(23)15-14(19)10(8-18)9-21(15)13-7-11(17)3-4-12(13)22-6-2-5-20-22/h2-7,9H,19H2,1H3. The predicted molar refractivity (Wildman–Crippen MR) is 83.3 cm³/mol. The zero-order valence-electron chi connectivity index (χ0n) is 12.6. The first-order valence-corrected chi connectivity index (χ1v) is 6.86. The molecule has 0 saturated carbocycles. The molecule has 0 aliphatic carbocycles. The molecule has 24 heavy (non-hydrogen) atoms. The number of nitriles is 1. The Balaban J connectivity index is 2.33. The van der Waals surface area contributed by atoms with E-state index in [1.807, 2.05) is 6.07 Å². The Kier molecular flexibility index (Phi) is 3.75. The molecule has 3 rings (SSSR count). The van der Waals surface area contributed by atoms with Crippen LogP contribution >= 0.6 is 0 Å². The minimum Gasteiger partial charge on any atom is -0.464 e. The van der Waals surface area contributed by atoms with Crippen LogP contribution in [-0.4, -0.2) is 27.4 Å². The molecule has 7 nitrogen and oxygen atoms in total. The number of hydrogen-bond donors (Lipinski definition) is 1. The molecule has 0 aliphatic rings. The Morgan fingerprint density at radius 1 is 1.42 bits per heavy atom. The van der Waals surface area contributed by atoms with Gasteiger partial charge in [-0.05, 0) is 18.2 Å². The van der Waals surface area contributed by atoms with Gasteiger partial charge in [-0.2, -0.15) is 10.4 Å². The van der Waals surface area contributed by atoms with E-state index in [-0.39, 0.29) is 16.9 Å². The number of aromatic nitrogens is 3. The fourth-order valence-corrected chi connectivity index (χ4v) is 2.40. The van der Waals surface area contributed by atoms with Gasteiger partial charge in [-0.25, -0.2) is 13.9 Å². The number of nitrogens with zero attached hydrogens (tertiary/aromatic N) is 4. The smallest absolute Gasteiger partial charge is 0.357 e. The third-order valence-electron chi connectivity index (χ3n) is 3.49. The highest BCUT2D eigenvalue weighted by Crippen LogP contribution is 2.28. The molecule has 0 spiro atoms. The van der Waals surface area contributed by atoms with Gasteiger partial charge in [0.15, 0.2) is 5.69 Å². The van der Waals surface area contributed by atoms with Gasteiger partial charge in [0.05, 0.1) is 29.7 Å². The van der Waals surface area contributed by atoms with Gasteiger partial charge in [-0.15, -0.1) is 0 Å². The fourth-order valence-electron chi connectivity index (χ4n) is 2.40. The van der Waals surface area contributed by atoms with Crippen molar-refractivity contribution in [3.63, 3.8) is 0 Å². The highest BCUT2D eigenvalue weighted by atomic mass is 19.1. The number of hydrogen-bond acceptors (Lipinski definition) is 5. The third-order valence-corrected chi connectivity index (χ3v) is 3.49. The largest absolute Gasteiger partial charge is 0.464 e. The molecular weight excluding hydrogens is 313 g/mol. The molecule has 0 saturated heterocycles. The molecular formula is C16H12FN5O2. The molecule has 0 bridgehead atoms. The van der Waals surface area contributed by atoms with Crippen LogP contribution in [-0.2, 0) is 4.74 Å². The molecule has 2 aromatic heterocycles. The van der Waals surface area contributed by atoms with E-state index in [0.717, 1.165) is 0 Å². The summed E-state index contributed by atoms with van der Waals surface area (Å²) in [5.41, 5.74) is 6.69. The van der Waals surface area contributed by atoms with E-state index in [9.17, 15) is 14.4 Å². The Bertz CT molecular complexity index is 954. The van der Waals surface area contributed by atoms with Crippen LogP contribution in [0.3, 0.4) is 0 Å². The van der Waals surface area contributed by atoms with E-state index >= 15 is 0 Å². The molecule has 2 N–H and O–H groups in total. The maximum absolute atomic E-state index is 13.8. The molecule has 2 heterocycles. The SMILES string of the molecule is COC(=O)c1c(N)c(C#N)cn1-c1cc(F)ccc1-n1cccn1. The summed E-state index contributed by atoms with van der Waals surface area (Å²) in [6.07, 6.45) is 4.61. The lowest BCUT2D eigenvalue weighted by atomic mass is 10.2. The van der Waals surface area contributed by atoms with Crippen molar-refractivity contribution in [1.82, 2.24) is 14.3 Å². The van der Waals surface area contributed by atoms with Crippen molar-refractivity contribution >= 4 is 11.7 Å². The third kappa shape index (κ3) is 2.38. The average molecular weight is 325 g/mol. The summed E-state index contributed by atoms with van der Waals surface area (Å²) < 4.78 is 21.4. The predicted octanol–water partition coefficient (Wildman–Crippen LogP) is 2.04. The van der Waals surface area contributed by atoms with E-state index in [4.69, 9.17) is 10.5 Å². The number of nitrogens with two attached hydrogens (primary N) is 1. The van der Waals surface area contributed by atoms with Crippen molar-refractivity contribution in [3.8, 4) is 17.4 Å². The van der Waals surface area contributed by atoms with Gasteiger partial charge in [0.1, 0.15) is 11.9 Å². The van der Waals surface area contributed by atoms with Gasteiger partial charge in [0.25, 0.3) is 0 Å². The summed E-state index contributed by atoms with van der Waals surface area (Å²) in [5.74, 6) is -1.24. The number of rotatable bonds is 3. The number of methoxy groups -OCH3 is 1. The lowest BCUT2D eigenvalue weighted by Gasteiger charge is -2.13. The van der Waals surface area contributed by atoms with Crippen molar-refractivity contribution in [2.75, 3.05) is 12.8 Å². The van der Waals surface area contributed by atoms with Gasteiger partial charge < -0.3 is 15.0 Å². The van der Waals surface area contributed by atoms with Crippen LogP contribution in [0.1, 0.15) is 16.1 Å². The zero-order valence-corrected chi connectivity index (χ0v) is 12.6. The van der Waals surface area contributed by atoms with E-state index in [2.05, 4.69) is 5.10 Å². The summed E-state index contributed by atoms with van der Waals surface area (Å²) in [7, 11) is 1.20. The van der Waals surface area contributed by atoms with Crippen LogP contribution in [0.25, 0.3) is 11.4 Å². The van der Waals surface area contributed by atoms with E-state index in [1.54, 1.807) is 18.5 Å². The molecule has 1 aromatic carbocycles. The first kappa shape index (κ1) is 15.3. The van der Waals surface area contributed by atoms with Crippen molar-refractivity contribution in [1.29, 1.82) is 5.26 Å². The number of esters is 1. The Hall–Kier alpha value is -3.60. The quantitative estimate of drug-likeness (QED) is 0.743. The van der Waals surface area contributed by atoms with Crippen LogP contribution in [0.4, 0.5) is 10.1 Å². The first-order valence-electron chi connectivity index (χ1n) is 6.86. The van der Waals surface area contributed by atoms with E-state index in [0.29, 0.717) is 11.4 Å². The normalized spacial score (nSPS) is 10.4. The van der Waals surface area contributed by atoms with E-state index in [1.165, 1.54) is 40.8 Å². The molecule has 120 valence electrons. The van der Waals surface area contributed by atoms with Gasteiger partial charge in [-0.3, -0.25) is 0 Å². The Labute approximate surface area is 136 Å². The minimum absolute atomic E-state index is 0.0278. The first-order chi connectivity index (χ1) is 11.6. The molecule has 0 unspecified atom stereocenters. The molecule has 0 fully saturated rings. The van der Waals surface area contributed by atoms with Gasteiger partial charge in [0, 0.05) is 24.7 Å². The number of carbonyl (C=O) groups excluding carboxylic acids is 1. The topological polar surface area (TPSA) is 98.9 Å². The summed E-state index contributed by atoms with van der Waals surface area (Å²) in [6, 6.07) is 7.63. The fraction of sp³-hybridized carbons (Fsp3) is 0.0625. The second kappa shape index (κ2) is 5.89. The van der Waals surface area contributed by atoms with Gasteiger partial charge in [-0.1, -0.05) is 0 Å². The van der Waals surface area contributed by atoms with Crippen LogP contribution in [0.5, 0.6) is 0 Å².